The van der Waals surface area contributed by atoms with Crippen LogP contribution in [0.5, 0.6) is 0 Å². The summed E-state index contributed by atoms with van der Waals surface area (Å²) in [7, 11) is 0. The second-order valence-corrected chi connectivity index (χ2v) is 3.69. The SMILES string of the molecule is C=COCc1cccc(CC=C(C)C(=O)O)c1. The first kappa shape index (κ1) is 13.0. The van der Waals surface area contributed by atoms with Crippen molar-refractivity contribution in [2.75, 3.05) is 0 Å². The first-order valence-corrected chi connectivity index (χ1v) is 5.34. The van der Waals surface area contributed by atoms with E-state index in [-0.39, 0.29) is 0 Å². The molecule has 0 amide bonds. The number of carbonyl (C=O) groups is 1. The Hall–Kier alpha value is -2.03. The van der Waals surface area contributed by atoms with Gasteiger partial charge in [-0.25, -0.2) is 4.79 Å². The van der Waals surface area contributed by atoms with Gasteiger partial charge in [0.15, 0.2) is 0 Å². The Bertz CT molecular complexity index is 433. The molecule has 0 saturated carbocycles. The molecule has 1 aromatic carbocycles. The van der Waals surface area contributed by atoms with Crippen LogP contribution in [-0.2, 0) is 22.6 Å². The molecule has 0 radical (unpaired) electrons. The summed E-state index contributed by atoms with van der Waals surface area (Å²) in [4.78, 5) is 10.6. The number of ether oxygens (including phenoxy) is 1. The fourth-order valence-corrected chi connectivity index (χ4v) is 1.36. The molecule has 0 spiro atoms. The minimum Gasteiger partial charge on any atom is -0.497 e. The molecule has 0 aromatic heterocycles. The molecule has 17 heavy (non-hydrogen) atoms. The van der Waals surface area contributed by atoms with Crippen LogP contribution < -0.4 is 0 Å². The highest BCUT2D eigenvalue weighted by atomic mass is 16.5. The van der Waals surface area contributed by atoms with E-state index in [1.807, 2.05) is 24.3 Å². The maximum atomic E-state index is 10.6. The number of carboxylic acid groups (broad SMARTS) is 1. The first-order valence-electron chi connectivity index (χ1n) is 5.34. The summed E-state index contributed by atoms with van der Waals surface area (Å²) in [6.45, 7) is 5.56. The third-order valence-corrected chi connectivity index (χ3v) is 2.34. The van der Waals surface area contributed by atoms with Gasteiger partial charge in [-0.3, -0.25) is 0 Å². The molecule has 0 fully saturated rings. The Kier molecular flexibility index (Phi) is 5.01. The van der Waals surface area contributed by atoms with Gasteiger partial charge < -0.3 is 9.84 Å². The molecule has 1 aromatic rings. The number of allylic oxidation sites excluding steroid dienone is 1. The second kappa shape index (κ2) is 6.53. The number of aliphatic carboxylic acids is 1. The van der Waals surface area contributed by atoms with E-state index in [1.165, 1.54) is 6.26 Å². The first-order chi connectivity index (χ1) is 8.13. The van der Waals surface area contributed by atoms with Gasteiger partial charge >= 0.3 is 5.97 Å². The van der Waals surface area contributed by atoms with Crippen LogP contribution in [0.2, 0.25) is 0 Å². The minimum atomic E-state index is -0.879. The molecule has 0 aliphatic heterocycles. The molecule has 1 rings (SSSR count). The van der Waals surface area contributed by atoms with E-state index in [0.717, 1.165) is 11.1 Å². The summed E-state index contributed by atoms with van der Waals surface area (Å²) in [6.07, 6.45) is 3.72. The van der Waals surface area contributed by atoms with Gasteiger partial charge in [0.05, 0.1) is 6.26 Å². The van der Waals surface area contributed by atoms with E-state index in [1.54, 1.807) is 13.0 Å². The molecule has 3 nitrogen and oxygen atoms in total. The van der Waals surface area contributed by atoms with Crippen molar-refractivity contribution in [3.8, 4) is 0 Å². The van der Waals surface area contributed by atoms with Crippen LogP contribution in [0.15, 0.2) is 48.8 Å². The molecule has 1 N–H and O–H groups in total. The minimum absolute atomic E-state index is 0.359. The van der Waals surface area contributed by atoms with Crippen LogP contribution in [0, 0.1) is 0 Å². The van der Waals surface area contributed by atoms with Crippen LogP contribution in [0.1, 0.15) is 18.1 Å². The topological polar surface area (TPSA) is 46.5 Å². The Balaban J connectivity index is 2.68. The molecule has 0 heterocycles. The quantitative estimate of drug-likeness (QED) is 0.606. The van der Waals surface area contributed by atoms with Crippen molar-refractivity contribution in [3.63, 3.8) is 0 Å². The molecule has 0 aliphatic rings. The van der Waals surface area contributed by atoms with Crippen molar-refractivity contribution in [1.82, 2.24) is 0 Å². The lowest BCUT2D eigenvalue weighted by Crippen LogP contribution is -1.97. The Morgan fingerprint density at radius 3 is 2.82 bits per heavy atom. The van der Waals surface area contributed by atoms with Crippen LogP contribution >= 0.6 is 0 Å². The van der Waals surface area contributed by atoms with Crippen molar-refractivity contribution < 1.29 is 14.6 Å². The molecule has 90 valence electrons. The average molecular weight is 232 g/mol. The van der Waals surface area contributed by atoms with Crippen molar-refractivity contribution in [3.05, 3.63) is 59.9 Å². The number of hydrogen-bond donors (Lipinski definition) is 1. The smallest absolute Gasteiger partial charge is 0.330 e. The Labute approximate surface area is 101 Å². The molecule has 0 atom stereocenters. The van der Waals surface area contributed by atoms with Crippen LogP contribution in [0.4, 0.5) is 0 Å². The monoisotopic (exact) mass is 232 g/mol. The molecular formula is C14H16O3. The summed E-state index contributed by atoms with van der Waals surface area (Å²) in [6, 6.07) is 7.85. The predicted octanol–water partition coefficient (Wildman–Crippen LogP) is 2.92. The largest absolute Gasteiger partial charge is 0.497 e. The lowest BCUT2D eigenvalue weighted by molar-refractivity contribution is -0.132. The van der Waals surface area contributed by atoms with Gasteiger partial charge in [-0.2, -0.15) is 0 Å². The Morgan fingerprint density at radius 2 is 2.18 bits per heavy atom. The van der Waals surface area contributed by atoms with Gasteiger partial charge in [0.2, 0.25) is 0 Å². The zero-order chi connectivity index (χ0) is 12.7. The summed E-state index contributed by atoms with van der Waals surface area (Å²) in [5, 5.41) is 8.73. The third-order valence-electron chi connectivity index (χ3n) is 2.34. The normalized spacial score (nSPS) is 11.0. The molecule has 0 aliphatic carbocycles. The molecule has 3 heteroatoms. The average Bonchev–Trinajstić information content (AvgIpc) is 2.33. The van der Waals surface area contributed by atoms with Gasteiger partial charge in [-0.1, -0.05) is 36.9 Å². The number of carboxylic acids is 1. The summed E-state index contributed by atoms with van der Waals surface area (Å²) < 4.78 is 5.09. The molecule has 0 unspecified atom stereocenters. The fourth-order valence-electron chi connectivity index (χ4n) is 1.36. The van der Waals surface area contributed by atoms with Crippen LogP contribution in [0.25, 0.3) is 0 Å². The standard InChI is InChI=1S/C14H16O3/c1-3-17-10-13-6-4-5-12(9-13)8-7-11(2)14(15)16/h3-7,9H,1,8,10H2,2H3,(H,15,16). The second-order valence-electron chi connectivity index (χ2n) is 3.69. The lowest BCUT2D eigenvalue weighted by atomic mass is 10.1. The summed E-state index contributed by atoms with van der Waals surface area (Å²) >= 11 is 0. The number of rotatable bonds is 6. The van der Waals surface area contributed by atoms with E-state index < -0.39 is 5.97 Å². The van der Waals surface area contributed by atoms with E-state index in [0.29, 0.717) is 18.6 Å². The maximum absolute atomic E-state index is 10.6. The zero-order valence-corrected chi connectivity index (χ0v) is 9.85. The van der Waals surface area contributed by atoms with Gasteiger partial charge in [0.1, 0.15) is 6.61 Å². The van der Waals surface area contributed by atoms with Gasteiger partial charge in [0.25, 0.3) is 0 Å². The zero-order valence-electron chi connectivity index (χ0n) is 9.85. The van der Waals surface area contributed by atoms with Gasteiger partial charge in [0, 0.05) is 5.57 Å². The van der Waals surface area contributed by atoms with Crippen molar-refractivity contribution in [2.24, 2.45) is 0 Å². The number of hydrogen-bond acceptors (Lipinski definition) is 2. The highest BCUT2D eigenvalue weighted by Gasteiger charge is 2.00. The van der Waals surface area contributed by atoms with E-state index in [9.17, 15) is 4.79 Å². The lowest BCUT2D eigenvalue weighted by Gasteiger charge is -2.03. The summed E-state index contributed by atoms with van der Waals surface area (Å²) in [5.74, 6) is -0.879. The van der Waals surface area contributed by atoms with Crippen molar-refractivity contribution in [1.29, 1.82) is 0 Å². The van der Waals surface area contributed by atoms with E-state index >= 15 is 0 Å². The van der Waals surface area contributed by atoms with Crippen molar-refractivity contribution >= 4 is 5.97 Å². The molecule has 0 bridgehead atoms. The molecule has 0 saturated heterocycles. The number of benzene rings is 1. The van der Waals surface area contributed by atoms with Gasteiger partial charge in [-0.05, 0) is 24.5 Å². The van der Waals surface area contributed by atoms with Crippen LogP contribution in [-0.4, -0.2) is 11.1 Å². The summed E-state index contributed by atoms with van der Waals surface area (Å²) in [5.41, 5.74) is 2.47. The third kappa shape index (κ3) is 4.55. The van der Waals surface area contributed by atoms with Crippen molar-refractivity contribution in [2.45, 2.75) is 20.0 Å². The molecular weight excluding hydrogens is 216 g/mol. The highest BCUT2D eigenvalue weighted by Crippen LogP contribution is 2.09. The predicted molar refractivity (Wildman–Crippen MR) is 66.5 cm³/mol. The fraction of sp³-hybridized carbons (Fsp3) is 0.214. The van der Waals surface area contributed by atoms with E-state index in [4.69, 9.17) is 9.84 Å². The van der Waals surface area contributed by atoms with Crippen LogP contribution in [0.3, 0.4) is 0 Å². The Morgan fingerprint density at radius 1 is 1.47 bits per heavy atom. The maximum Gasteiger partial charge on any atom is 0.330 e. The van der Waals surface area contributed by atoms with Gasteiger partial charge in [-0.15, -0.1) is 0 Å². The van der Waals surface area contributed by atoms with E-state index in [2.05, 4.69) is 6.58 Å². The highest BCUT2D eigenvalue weighted by molar-refractivity contribution is 5.85.